The summed E-state index contributed by atoms with van der Waals surface area (Å²) in [7, 11) is 3.63. The number of ether oxygens (including phenoxy) is 1. The molecule has 66 valence electrons. The smallest absolute Gasteiger partial charge is 0.0793 e. The molecule has 1 rings (SSSR count). The fourth-order valence-electron chi connectivity index (χ4n) is 1.08. The van der Waals surface area contributed by atoms with Crippen molar-refractivity contribution >= 4 is 5.69 Å². The molecule has 0 fully saturated rings. The first kappa shape index (κ1) is 9.07. The lowest BCUT2D eigenvalue weighted by atomic mass is 10.1. The van der Waals surface area contributed by atoms with E-state index in [-0.39, 0.29) is 6.10 Å². The van der Waals surface area contributed by atoms with Crippen LogP contribution in [0, 0.1) is 0 Å². The number of benzene rings is 1. The van der Waals surface area contributed by atoms with E-state index < -0.39 is 0 Å². The molecule has 1 aromatic rings. The van der Waals surface area contributed by atoms with E-state index in [1.807, 2.05) is 26.1 Å². The van der Waals surface area contributed by atoms with Crippen LogP contribution < -0.4 is 5.32 Å². The maximum Gasteiger partial charge on any atom is 0.0793 e. The Morgan fingerprint density at radius 2 is 2.17 bits per heavy atom. The van der Waals surface area contributed by atoms with Gasteiger partial charge in [-0.25, -0.2) is 0 Å². The maximum absolute atomic E-state index is 5.21. The van der Waals surface area contributed by atoms with Crippen molar-refractivity contribution in [3.8, 4) is 0 Å². The Kier molecular flexibility index (Phi) is 3.11. The van der Waals surface area contributed by atoms with Crippen molar-refractivity contribution in [2.45, 2.75) is 13.0 Å². The van der Waals surface area contributed by atoms with Gasteiger partial charge >= 0.3 is 0 Å². The standard InChI is InChI=1S/C10H15NO/c1-8(12-3)9-5-4-6-10(7-9)11-2/h4-8,11H,1-3H3. The summed E-state index contributed by atoms with van der Waals surface area (Å²) in [6, 6.07) is 8.21. The first-order valence-corrected chi connectivity index (χ1v) is 4.08. The van der Waals surface area contributed by atoms with Gasteiger partial charge in [0.15, 0.2) is 0 Å². The molecule has 1 unspecified atom stereocenters. The van der Waals surface area contributed by atoms with Gasteiger partial charge in [-0.3, -0.25) is 0 Å². The zero-order chi connectivity index (χ0) is 8.97. The fraction of sp³-hybridized carbons (Fsp3) is 0.400. The molecule has 0 aliphatic heterocycles. The molecule has 0 amide bonds. The van der Waals surface area contributed by atoms with Crippen molar-refractivity contribution < 1.29 is 4.74 Å². The summed E-state index contributed by atoms with van der Waals surface area (Å²) in [4.78, 5) is 0. The third-order valence-corrected chi connectivity index (χ3v) is 2.00. The van der Waals surface area contributed by atoms with Gasteiger partial charge in [0.25, 0.3) is 0 Å². The molecule has 1 aromatic carbocycles. The third kappa shape index (κ3) is 1.98. The minimum Gasteiger partial charge on any atom is -0.388 e. The lowest BCUT2D eigenvalue weighted by Gasteiger charge is -2.10. The Bertz CT molecular complexity index is 247. The minimum absolute atomic E-state index is 0.165. The summed E-state index contributed by atoms with van der Waals surface area (Å²) in [5, 5.41) is 3.09. The molecule has 0 saturated carbocycles. The van der Waals surface area contributed by atoms with Crippen molar-refractivity contribution in [2.75, 3.05) is 19.5 Å². The number of hydrogen-bond acceptors (Lipinski definition) is 2. The summed E-state index contributed by atoms with van der Waals surface area (Å²) in [6.07, 6.45) is 0.165. The van der Waals surface area contributed by atoms with E-state index in [2.05, 4.69) is 17.4 Å². The van der Waals surface area contributed by atoms with Gasteiger partial charge in [0.05, 0.1) is 6.10 Å². The molecule has 1 N–H and O–H groups in total. The Labute approximate surface area is 73.6 Å². The van der Waals surface area contributed by atoms with Crippen LogP contribution in [0.4, 0.5) is 5.69 Å². The van der Waals surface area contributed by atoms with Crippen molar-refractivity contribution in [1.29, 1.82) is 0 Å². The van der Waals surface area contributed by atoms with Gasteiger partial charge in [-0.05, 0) is 24.6 Å². The van der Waals surface area contributed by atoms with Crippen LogP contribution in [0.5, 0.6) is 0 Å². The number of nitrogens with one attached hydrogen (secondary N) is 1. The van der Waals surface area contributed by atoms with Crippen LogP contribution in [0.3, 0.4) is 0 Å². The molecule has 0 spiro atoms. The van der Waals surface area contributed by atoms with Gasteiger partial charge in [0.2, 0.25) is 0 Å². The average Bonchev–Trinajstić information content (AvgIpc) is 2.17. The lowest BCUT2D eigenvalue weighted by Crippen LogP contribution is -1.96. The quantitative estimate of drug-likeness (QED) is 0.742. The lowest BCUT2D eigenvalue weighted by molar-refractivity contribution is 0.119. The van der Waals surface area contributed by atoms with E-state index >= 15 is 0 Å². The number of hydrogen-bond donors (Lipinski definition) is 1. The molecular weight excluding hydrogens is 150 g/mol. The highest BCUT2D eigenvalue weighted by Crippen LogP contribution is 2.18. The van der Waals surface area contributed by atoms with Crippen LogP contribution >= 0.6 is 0 Å². The van der Waals surface area contributed by atoms with E-state index in [9.17, 15) is 0 Å². The molecule has 2 nitrogen and oxygen atoms in total. The van der Waals surface area contributed by atoms with Crippen molar-refractivity contribution in [1.82, 2.24) is 0 Å². The predicted octanol–water partition coefficient (Wildman–Crippen LogP) is 2.44. The molecule has 0 aliphatic rings. The van der Waals surface area contributed by atoms with Gasteiger partial charge in [-0.1, -0.05) is 12.1 Å². The third-order valence-electron chi connectivity index (χ3n) is 2.00. The molecule has 0 bridgehead atoms. The first-order chi connectivity index (χ1) is 5.77. The van der Waals surface area contributed by atoms with Gasteiger partial charge in [0.1, 0.15) is 0 Å². The fourth-order valence-corrected chi connectivity index (χ4v) is 1.08. The van der Waals surface area contributed by atoms with E-state index in [0.717, 1.165) is 5.69 Å². The molecule has 0 heterocycles. The Hall–Kier alpha value is -1.02. The average molecular weight is 165 g/mol. The zero-order valence-corrected chi connectivity index (χ0v) is 7.79. The number of rotatable bonds is 3. The molecule has 0 radical (unpaired) electrons. The minimum atomic E-state index is 0.165. The molecular formula is C10H15NO. The van der Waals surface area contributed by atoms with E-state index in [1.54, 1.807) is 7.11 Å². The van der Waals surface area contributed by atoms with Crippen molar-refractivity contribution in [3.63, 3.8) is 0 Å². The van der Waals surface area contributed by atoms with Gasteiger partial charge < -0.3 is 10.1 Å². The predicted molar refractivity (Wildman–Crippen MR) is 51.4 cm³/mol. The van der Waals surface area contributed by atoms with Crippen molar-refractivity contribution in [2.24, 2.45) is 0 Å². The normalized spacial score (nSPS) is 12.6. The molecule has 12 heavy (non-hydrogen) atoms. The van der Waals surface area contributed by atoms with Crippen LogP contribution in [-0.2, 0) is 4.74 Å². The zero-order valence-electron chi connectivity index (χ0n) is 7.79. The van der Waals surface area contributed by atoms with E-state index in [0.29, 0.717) is 0 Å². The SMILES string of the molecule is CNc1cccc(C(C)OC)c1. The van der Waals surface area contributed by atoms with Gasteiger partial charge in [-0.15, -0.1) is 0 Å². The molecule has 1 atom stereocenters. The van der Waals surface area contributed by atoms with E-state index in [4.69, 9.17) is 4.74 Å². The highest BCUT2D eigenvalue weighted by Gasteiger charge is 2.02. The Morgan fingerprint density at radius 3 is 2.75 bits per heavy atom. The summed E-state index contributed by atoms with van der Waals surface area (Å²) in [5.41, 5.74) is 2.32. The Balaban J connectivity index is 2.86. The summed E-state index contributed by atoms with van der Waals surface area (Å²) in [6.45, 7) is 2.04. The number of anilines is 1. The monoisotopic (exact) mass is 165 g/mol. The number of methoxy groups -OCH3 is 1. The molecule has 2 heteroatoms. The van der Waals surface area contributed by atoms with Gasteiger partial charge in [-0.2, -0.15) is 0 Å². The van der Waals surface area contributed by atoms with E-state index in [1.165, 1.54) is 5.56 Å². The summed E-state index contributed by atoms with van der Waals surface area (Å²) >= 11 is 0. The van der Waals surface area contributed by atoms with Gasteiger partial charge in [0, 0.05) is 19.8 Å². The second-order valence-electron chi connectivity index (χ2n) is 2.75. The summed E-state index contributed by atoms with van der Waals surface area (Å²) < 4.78 is 5.21. The highest BCUT2D eigenvalue weighted by molar-refractivity contribution is 5.45. The molecule has 0 saturated heterocycles. The molecule has 0 aliphatic carbocycles. The van der Waals surface area contributed by atoms with Crippen LogP contribution in [0.25, 0.3) is 0 Å². The first-order valence-electron chi connectivity index (χ1n) is 4.08. The maximum atomic E-state index is 5.21. The molecule has 0 aromatic heterocycles. The second-order valence-corrected chi connectivity index (χ2v) is 2.75. The largest absolute Gasteiger partial charge is 0.388 e. The van der Waals surface area contributed by atoms with Crippen molar-refractivity contribution in [3.05, 3.63) is 29.8 Å². The second kappa shape index (κ2) is 4.12. The van der Waals surface area contributed by atoms with Crippen LogP contribution in [0.1, 0.15) is 18.6 Å². The van der Waals surface area contributed by atoms with Crippen LogP contribution in [0.15, 0.2) is 24.3 Å². The Morgan fingerprint density at radius 1 is 1.42 bits per heavy atom. The van der Waals surface area contributed by atoms with Crippen LogP contribution in [0.2, 0.25) is 0 Å². The summed E-state index contributed by atoms with van der Waals surface area (Å²) in [5.74, 6) is 0. The topological polar surface area (TPSA) is 21.3 Å². The van der Waals surface area contributed by atoms with Crippen LogP contribution in [-0.4, -0.2) is 14.2 Å². The highest BCUT2D eigenvalue weighted by atomic mass is 16.5.